The quantitative estimate of drug-likeness (QED) is 0.464. The van der Waals surface area contributed by atoms with Gasteiger partial charge in [-0.25, -0.2) is 0 Å². The highest BCUT2D eigenvalue weighted by Gasteiger charge is 2.26. The summed E-state index contributed by atoms with van der Waals surface area (Å²) < 4.78 is 0. The van der Waals surface area contributed by atoms with E-state index in [2.05, 4.69) is 31.1 Å². The Morgan fingerprint density at radius 3 is 2.47 bits per heavy atom. The maximum Gasteiger partial charge on any atom is 0.188 e. The topological polar surface area (TPSA) is 50.4 Å². The zero-order chi connectivity index (χ0) is 12.0. The smallest absolute Gasteiger partial charge is 0.188 e. The highest BCUT2D eigenvalue weighted by Crippen LogP contribution is 2.37. The SMILES string of the molecule is CCCNC(N)=NCC1CCC(C)(C)CC1.I. The first-order valence-electron chi connectivity index (χ1n) is 6.57. The van der Waals surface area contributed by atoms with E-state index in [0.29, 0.717) is 11.4 Å². The number of nitrogens with zero attached hydrogens (tertiary/aromatic N) is 1. The molecule has 1 rings (SSSR count). The van der Waals surface area contributed by atoms with Gasteiger partial charge in [-0.1, -0.05) is 20.8 Å². The Morgan fingerprint density at radius 2 is 1.94 bits per heavy atom. The molecule has 0 saturated heterocycles. The number of nitrogens with two attached hydrogens (primary N) is 1. The molecule has 0 bridgehead atoms. The summed E-state index contributed by atoms with van der Waals surface area (Å²) in [5, 5.41) is 3.12. The minimum atomic E-state index is 0. The number of hydrogen-bond acceptors (Lipinski definition) is 1. The average Bonchev–Trinajstić information content (AvgIpc) is 2.25. The van der Waals surface area contributed by atoms with Crippen LogP contribution in [0.5, 0.6) is 0 Å². The largest absolute Gasteiger partial charge is 0.370 e. The second-order valence-electron chi connectivity index (χ2n) is 5.76. The third-order valence-corrected chi connectivity index (χ3v) is 3.53. The standard InChI is InChI=1S/C13H27N3.HI/c1-4-9-15-12(14)16-10-11-5-7-13(2,3)8-6-11;/h11H,4-10H2,1-3H3,(H3,14,15,16);1H. The van der Waals surface area contributed by atoms with Gasteiger partial charge in [0.05, 0.1) is 0 Å². The van der Waals surface area contributed by atoms with Gasteiger partial charge in [0.25, 0.3) is 0 Å². The second-order valence-corrected chi connectivity index (χ2v) is 5.76. The van der Waals surface area contributed by atoms with Gasteiger partial charge >= 0.3 is 0 Å². The van der Waals surface area contributed by atoms with Gasteiger partial charge in [0, 0.05) is 13.1 Å². The van der Waals surface area contributed by atoms with Crippen LogP contribution >= 0.6 is 24.0 Å². The van der Waals surface area contributed by atoms with E-state index in [1.165, 1.54) is 25.7 Å². The summed E-state index contributed by atoms with van der Waals surface area (Å²) in [6.45, 7) is 8.68. The molecule has 3 nitrogen and oxygen atoms in total. The summed E-state index contributed by atoms with van der Waals surface area (Å²) >= 11 is 0. The van der Waals surface area contributed by atoms with Crippen LogP contribution in [0, 0.1) is 11.3 Å². The van der Waals surface area contributed by atoms with E-state index < -0.39 is 0 Å². The summed E-state index contributed by atoms with van der Waals surface area (Å²) in [7, 11) is 0. The molecule has 1 saturated carbocycles. The molecule has 0 heterocycles. The van der Waals surface area contributed by atoms with Crippen LogP contribution in [0.25, 0.3) is 0 Å². The summed E-state index contributed by atoms with van der Waals surface area (Å²) in [5.74, 6) is 1.36. The fourth-order valence-electron chi connectivity index (χ4n) is 2.18. The molecule has 0 aliphatic heterocycles. The van der Waals surface area contributed by atoms with Crippen LogP contribution < -0.4 is 11.1 Å². The minimum absolute atomic E-state index is 0. The summed E-state index contributed by atoms with van der Waals surface area (Å²) in [6.07, 6.45) is 6.36. The molecule has 0 aromatic carbocycles. The van der Waals surface area contributed by atoms with E-state index in [-0.39, 0.29) is 24.0 Å². The van der Waals surface area contributed by atoms with Crippen LogP contribution in [0.1, 0.15) is 52.9 Å². The molecule has 0 radical (unpaired) electrons. The fourth-order valence-corrected chi connectivity index (χ4v) is 2.18. The van der Waals surface area contributed by atoms with Crippen LogP contribution in [0.4, 0.5) is 0 Å². The van der Waals surface area contributed by atoms with Crippen LogP contribution in [0.2, 0.25) is 0 Å². The molecule has 0 spiro atoms. The van der Waals surface area contributed by atoms with Crippen molar-refractivity contribution >= 4 is 29.9 Å². The molecule has 1 aliphatic carbocycles. The lowest BCUT2D eigenvalue weighted by molar-refractivity contribution is 0.195. The molecular weight excluding hydrogens is 325 g/mol. The number of aliphatic imine (C=N–C) groups is 1. The number of guanidine groups is 1. The molecular formula is C13H28IN3. The lowest BCUT2D eigenvalue weighted by atomic mass is 9.73. The zero-order valence-corrected chi connectivity index (χ0v) is 13.8. The molecule has 17 heavy (non-hydrogen) atoms. The number of halogens is 1. The van der Waals surface area contributed by atoms with E-state index in [9.17, 15) is 0 Å². The summed E-state index contributed by atoms with van der Waals surface area (Å²) in [6, 6.07) is 0. The van der Waals surface area contributed by atoms with E-state index in [1.54, 1.807) is 0 Å². The third-order valence-electron chi connectivity index (χ3n) is 3.53. The van der Waals surface area contributed by atoms with Gasteiger partial charge in [-0.05, 0) is 43.4 Å². The van der Waals surface area contributed by atoms with Gasteiger partial charge in [-0.2, -0.15) is 0 Å². The Balaban J connectivity index is 0.00000256. The van der Waals surface area contributed by atoms with E-state index >= 15 is 0 Å². The van der Waals surface area contributed by atoms with Gasteiger partial charge < -0.3 is 11.1 Å². The zero-order valence-electron chi connectivity index (χ0n) is 11.5. The molecule has 0 atom stereocenters. The fraction of sp³-hybridized carbons (Fsp3) is 0.923. The van der Waals surface area contributed by atoms with Gasteiger partial charge in [-0.15, -0.1) is 24.0 Å². The lowest BCUT2D eigenvalue weighted by Crippen LogP contribution is -2.33. The Kier molecular flexibility index (Phi) is 8.16. The first-order chi connectivity index (χ1) is 7.53. The van der Waals surface area contributed by atoms with Gasteiger partial charge in [0.15, 0.2) is 5.96 Å². The highest BCUT2D eigenvalue weighted by atomic mass is 127. The van der Waals surface area contributed by atoms with Crippen molar-refractivity contribution in [2.45, 2.75) is 52.9 Å². The first-order valence-corrected chi connectivity index (χ1v) is 6.57. The molecule has 1 aliphatic rings. The van der Waals surface area contributed by atoms with Crippen LogP contribution in [-0.4, -0.2) is 19.0 Å². The molecule has 0 aromatic heterocycles. The van der Waals surface area contributed by atoms with E-state index in [0.717, 1.165) is 25.4 Å². The second kappa shape index (κ2) is 8.16. The molecule has 0 aromatic rings. The molecule has 4 heteroatoms. The van der Waals surface area contributed by atoms with Crippen LogP contribution in [0.3, 0.4) is 0 Å². The van der Waals surface area contributed by atoms with Crippen molar-refractivity contribution in [2.24, 2.45) is 22.1 Å². The van der Waals surface area contributed by atoms with E-state index in [4.69, 9.17) is 5.73 Å². The summed E-state index contributed by atoms with van der Waals surface area (Å²) in [4.78, 5) is 4.42. The maximum absolute atomic E-state index is 5.77. The molecule has 102 valence electrons. The van der Waals surface area contributed by atoms with Gasteiger partial charge in [0.2, 0.25) is 0 Å². The first kappa shape index (κ1) is 17.0. The predicted molar refractivity (Wildman–Crippen MR) is 85.9 cm³/mol. The molecule has 0 unspecified atom stereocenters. The average molecular weight is 353 g/mol. The van der Waals surface area contributed by atoms with Crippen molar-refractivity contribution in [3.8, 4) is 0 Å². The van der Waals surface area contributed by atoms with Crippen molar-refractivity contribution < 1.29 is 0 Å². The van der Waals surface area contributed by atoms with Crippen LogP contribution in [0.15, 0.2) is 4.99 Å². The van der Waals surface area contributed by atoms with E-state index in [1.807, 2.05) is 0 Å². The third kappa shape index (κ3) is 7.11. The Hall–Kier alpha value is 0. The number of nitrogens with one attached hydrogen (secondary N) is 1. The van der Waals surface area contributed by atoms with Gasteiger partial charge in [-0.3, -0.25) is 4.99 Å². The van der Waals surface area contributed by atoms with Crippen molar-refractivity contribution in [1.82, 2.24) is 5.32 Å². The van der Waals surface area contributed by atoms with Crippen molar-refractivity contribution in [3.05, 3.63) is 0 Å². The molecule has 3 N–H and O–H groups in total. The predicted octanol–water partition coefficient (Wildman–Crippen LogP) is 3.14. The monoisotopic (exact) mass is 353 g/mol. The Labute approximate surface area is 123 Å². The maximum atomic E-state index is 5.77. The van der Waals surface area contributed by atoms with Crippen LogP contribution in [-0.2, 0) is 0 Å². The number of hydrogen-bond donors (Lipinski definition) is 2. The molecule has 1 fully saturated rings. The highest BCUT2D eigenvalue weighted by molar-refractivity contribution is 14.0. The number of rotatable bonds is 4. The minimum Gasteiger partial charge on any atom is -0.370 e. The van der Waals surface area contributed by atoms with Crippen molar-refractivity contribution in [1.29, 1.82) is 0 Å². The Morgan fingerprint density at radius 1 is 1.35 bits per heavy atom. The normalized spacial score (nSPS) is 20.8. The lowest BCUT2D eigenvalue weighted by Gasteiger charge is -2.33. The summed E-state index contributed by atoms with van der Waals surface area (Å²) in [5.41, 5.74) is 6.32. The van der Waals surface area contributed by atoms with Gasteiger partial charge in [0.1, 0.15) is 0 Å². The van der Waals surface area contributed by atoms with Crippen molar-refractivity contribution in [2.75, 3.05) is 13.1 Å². The molecule has 0 amide bonds. The Bertz CT molecular complexity index is 229. The van der Waals surface area contributed by atoms with Crippen molar-refractivity contribution in [3.63, 3.8) is 0 Å².